The van der Waals surface area contributed by atoms with Crippen LogP contribution >= 0.6 is 0 Å². The van der Waals surface area contributed by atoms with Crippen molar-refractivity contribution in [3.63, 3.8) is 0 Å². The lowest BCUT2D eigenvalue weighted by Gasteiger charge is -2.20. The van der Waals surface area contributed by atoms with Crippen LogP contribution in [0.1, 0.15) is 26.2 Å². The van der Waals surface area contributed by atoms with Gasteiger partial charge in [-0.15, -0.1) is 0 Å². The topological polar surface area (TPSA) is 61.4 Å². The molecule has 1 heterocycles. The molecule has 3 rings (SSSR count). The highest BCUT2D eigenvalue weighted by molar-refractivity contribution is 7.92. The minimum absolute atomic E-state index is 0.378. The Bertz CT molecular complexity index is 613. The molecule has 0 radical (unpaired) electrons. The Morgan fingerprint density at radius 2 is 1.86 bits per heavy atom. The van der Waals surface area contributed by atoms with Gasteiger partial charge in [0.1, 0.15) is 0 Å². The zero-order valence-electron chi connectivity index (χ0n) is 12.5. The van der Waals surface area contributed by atoms with Gasteiger partial charge in [-0.1, -0.05) is 12.1 Å². The van der Waals surface area contributed by atoms with Gasteiger partial charge in [0.2, 0.25) is 10.0 Å². The van der Waals surface area contributed by atoms with Crippen LogP contribution in [0.25, 0.3) is 0 Å². The average Bonchev–Trinajstić information content (AvgIpc) is 3.15. The summed E-state index contributed by atoms with van der Waals surface area (Å²) in [6.45, 7) is 3.32. The number of rotatable bonds is 5. The predicted octanol–water partition coefficient (Wildman–Crippen LogP) is 2.10. The molecule has 6 heteroatoms. The van der Waals surface area contributed by atoms with Gasteiger partial charge in [-0.25, -0.2) is 8.42 Å². The van der Waals surface area contributed by atoms with E-state index in [2.05, 4.69) is 21.9 Å². The summed E-state index contributed by atoms with van der Waals surface area (Å²) in [5.41, 5.74) is 1.48. The van der Waals surface area contributed by atoms with Gasteiger partial charge in [0, 0.05) is 24.7 Å². The minimum Gasteiger partial charge on any atom is -0.379 e. The van der Waals surface area contributed by atoms with Crippen molar-refractivity contribution in [2.45, 2.75) is 44.3 Å². The normalized spacial score (nSPS) is 26.8. The Morgan fingerprint density at radius 3 is 2.48 bits per heavy atom. The molecule has 21 heavy (non-hydrogen) atoms. The second-order valence-corrected chi connectivity index (χ2v) is 8.02. The van der Waals surface area contributed by atoms with Crippen LogP contribution in [0.4, 0.5) is 11.4 Å². The van der Waals surface area contributed by atoms with Gasteiger partial charge >= 0.3 is 0 Å². The maximum Gasteiger partial charge on any atom is 0.229 e. The highest BCUT2D eigenvalue weighted by Gasteiger charge is 2.38. The smallest absolute Gasteiger partial charge is 0.229 e. The average molecular weight is 309 g/mol. The number of nitrogens with zero attached hydrogens (tertiary/aromatic N) is 1. The number of para-hydroxylation sites is 2. The second-order valence-electron chi connectivity index (χ2n) is 6.27. The molecule has 2 N–H and O–H groups in total. The van der Waals surface area contributed by atoms with E-state index in [0.29, 0.717) is 17.8 Å². The summed E-state index contributed by atoms with van der Waals surface area (Å²) >= 11 is 0. The van der Waals surface area contributed by atoms with E-state index in [9.17, 15) is 8.42 Å². The summed E-state index contributed by atoms with van der Waals surface area (Å²) in [4.78, 5) is 2.57. The van der Waals surface area contributed by atoms with Gasteiger partial charge in [0.05, 0.1) is 17.6 Å². The molecule has 1 aliphatic heterocycles. The molecule has 1 aromatic rings. The first-order chi connectivity index (χ1) is 9.92. The van der Waals surface area contributed by atoms with E-state index in [1.807, 2.05) is 18.2 Å². The van der Waals surface area contributed by atoms with Crippen molar-refractivity contribution in [1.29, 1.82) is 0 Å². The number of nitrogens with one attached hydrogen (secondary N) is 2. The third-order valence-corrected chi connectivity index (χ3v) is 4.81. The molecular formula is C15H23N3O2S. The van der Waals surface area contributed by atoms with Gasteiger partial charge in [0.15, 0.2) is 0 Å². The molecule has 2 unspecified atom stereocenters. The first-order valence-electron chi connectivity index (χ1n) is 7.51. The molecule has 1 aliphatic carbocycles. The SMILES string of the molecule is CC1CC(Nc2ccccc2NS(C)(=O)=O)CN1C1CC1. The number of hydrogen-bond donors (Lipinski definition) is 2. The van der Waals surface area contributed by atoms with Gasteiger partial charge in [0.25, 0.3) is 0 Å². The largest absolute Gasteiger partial charge is 0.379 e. The molecule has 0 amide bonds. The Balaban J connectivity index is 1.70. The predicted molar refractivity (Wildman–Crippen MR) is 86.1 cm³/mol. The number of hydrogen-bond acceptors (Lipinski definition) is 4. The van der Waals surface area contributed by atoms with Crippen molar-refractivity contribution in [2.24, 2.45) is 0 Å². The van der Waals surface area contributed by atoms with E-state index in [0.717, 1.165) is 24.7 Å². The van der Waals surface area contributed by atoms with Crippen LogP contribution in [0, 0.1) is 0 Å². The quantitative estimate of drug-likeness (QED) is 0.874. The molecular weight excluding hydrogens is 286 g/mol. The third kappa shape index (κ3) is 3.68. The highest BCUT2D eigenvalue weighted by Crippen LogP contribution is 2.34. The van der Waals surface area contributed by atoms with Crippen LogP contribution in [0.15, 0.2) is 24.3 Å². The summed E-state index contributed by atoms with van der Waals surface area (Å²) in [7, 11) is -3.26. The summed E-state index contributed by atoms with van der Waals surface area (Å²) in [6, 6.07) is 9.24. The molecule has 116 valence electrons. The van der Waals surface area contributed by atoms with Crippen LogP contribution in [0.3, 0.4) is 0 Å². The molecule has 0 bridgehead atoms. The van der Waals surface area contributed by atoms with Crippen molar-refractivity contribution in [1.82, 2.24) is 4.90 Å². The summed E-state index contributed by atoms with van der Waals surface area (Å²) in [5, 5.41) is 3.51. The maximum atomic E-state index is 11.4. The Labute approximate surface area is 126 Å². The highest BCUT2D eigenvalue weighted by atomic mass is 32.2. The molecule has 0 spiro atoms. The van der Waals surface area contributed by atoms with Crippen LogP contribution in [0.5, 0.6) is 0 Å². The van der Waals surface area contributed by atoms with Gasteiger partial charge < -0.3 is 5.32 Å². The fourth-order valence-electron chi connectivity index (χ4n) is 3.19. The molecule has 1 saturated carbocycles. The molecule has 1 aromatic carbocycles. The summed E-state index contributed by atoms with van der Waals surface area (Å²) in [6.07, 6.45) is 4.92. The third-order valence-electron chi connectivity index (χ3n) is 4.22. The van der Waals surface area contributed by atoms with Crippen molar-refractivity contribution in [3.05, 3.63) is 24.3 Å². The van der Waals surface area contributed by atoms with E-state index in [1.165, 1.54) is 19.1 Å². The first kappa shape index (κ1) is 14.7. The van der Waals surface area contributed by atoms with Gasteiger partial charge in [-0.2, -0.15) is 0 Å². The summed E-state index contributed by atoms with van der Waals surface area (Å²) in [5.74, 6) is 0. The van der Waals surface area contributed by atoms with Crippen LogP contribution < -0.4 is 10.0 Å². The Hall–Kier alpha value is -1.27. The first-order valence-corrected chi connectivity index (χ1v) is 9.40. The van der Waals surface area contributed by atoms with Crippen LogP contribution in [0.2, 0.25) is 0 Å². The molecule has 0 aromatic heterocycles. The zero-order valence-corrected chi connectivity index (χ0v) is 13.4. The van der Waals surface area contributed by atoms with E-state index in [-0.39, 0.29) is 0 Å². The molecule has 2 aliphatic rings. The van der Waals surface area contributed by atoms with Crippen molar-refractivity contribution < 1.29 is 8.42 Å². The van der Waals surface area contributed by atoms with Crippen molar-refractivity contribution in [3.8, 4) is 0 Å². The number of sulfonamides is 1. The van der Waals surface area contributed by atoms with E-state index in [4.69, 9.17) is 0 Å². The second kappa shape index (κ2) is 5.50. The Morgan fingerprint density at radius 1 is 1.19 bits per heavy atom. The molecule has 1 saturated heterocycles. The van der Waals surface area contributed by atoms with E-state index >= 15 is 0 Å². The lowest BCUT2D eigenvalue weighted by atomic mass is 10.1. The fraction of sp³-hybridized carbons (Fsp3) is 0.600. The molecule has 2 fully saturated rings. The molecule has 5 nitrogen and oxygen atoms in total. The number of benzene rings is 1. The maximum absolute atomic E-state index is 11.4. The van der Waals surface area contributed by atoms with Gasteiger partial charge in [-0.05, 0) is 38.3 Å². The Kier molecular flexibility index (Phi) is 3.84. The molecule has 2 atom stereocenters. The number of likely N-dealkylation sites (tertiary alicyclic amines) is 1. The van der Waals surface area contributed by atoms with Crippen LogP contribution in [-0.2, 0) is 10.0 Å². The summed E-state index contributed by atoms with van der Waals surface area (Å²) < 4.78 is 25.5. The van der Waals surface area contributed by atoms with Crippen molar-refractivity contribution >= 4 is 21.4 Å². The number of anilines is 2. The van der Waals surface area contributed by atoms with Crippen LogP contribution in [-0.4, -0.2) is 44.2 Å². The van der Waals surface area contributed by atoms with Gasteiger partial charge in [-0.3, -0.25) is 9.62 Å². The van der Waals surface area contributed by atoms with Crippen molar-refractivity contribution in [2.75, 3.05) is 22.8 Å². The lowest BCUT2D eigenvalue weighted by Crippen LogP contribution is -2.31. The minimum atomic E-state index is -3.26. The standard InChI is InChI=1S/C15H23N3O2S/c1-11-9-12(10-18(11)13-7-8-13)16-14-5-3-4-6-15(14)17-21(2,19)20/h3-6,11-13,16-17H,7-10H2,1-2H3. The van der Waals surface area contributed by atoms with E-state index in [1.54, 1.807) is 6.07 Å². The lowest BCUT2D eigenvalue weighted by molar-refractivity contribution is 0.257. The monoisotopic (exact) mass is 309 g/mol. The fourth-order valence-corrected chi connectivity index (χ4v) is 3.77. The zero-order chi connectivity index (χ0) is 15.0. The van der Waals surface area contributed by atoms with E-state index < -0.39 is 10.0 Å².